The van der Waals surface area contributed by atoms with Gasteiger partial charge in [-0.2, -0.15) is 0 Å². The maximum absolute atomic E-state index is 16.5. The summed E-state index contributed by atoms with van der Waals surface area (Å²) in [5, 5.41) is 15.6. The number of pyridine rings is 2. The second-order valence-electron chi connectivity index (χ2n) is 20.2. The number of aromatic amines is 1. The topological polar surface area (TPSA) is 188 Å². The summed E-state index contributed by atoms with van der Waals surface area (Å²) in [5.74, 6) is -1.48. The van der Waals surface area contributed by atoms with E-state index in [0.717, 1.165) is 76.1 Å². The molecular weight excluding hydrogens is 945 g/mol. The van der Waals surface area contributed by atoms with E-state index >= 15 is 8.78 Å². The molecule has 1 spiro atoms. The lowest BCUT2D eigenvalue weighted by atomic mass is 9.59. The molecule has 4 fully saturated rings. The molecule has 3 aliphatic heterocycles. The van der Waals surface area contributed by atoms with Crippen molar-refractivity contribution in [2.45, 2.75) is 87.5 Å². The van der Waals surface area contributed by atoms with Crippen LogP contribution < -0.4 is 19.7 Å². The fourth-order valence-corrected chi connectivity index (χ4v) is 12.1. The summed E-state index contributed by atoms with van der Waals surface area (Å²) in [5.41, 5.74) is 2.03. The van der Waals surface area contributed by atoms with Crippen LogP contribution in [0.5, 0.6) is 11.5 Å². The highest BCUT2D eigenvalue weighted by Gasteiger charge is 2.50. The first-order chi connectivity index (χ1) is 34.6. The zero-order valence-electron chi connectivity index (χ0n) is 40.4. The van der Waals surface area contributed by atoms with Gasteiger partial charge in [0.2, 0.25) is 0 Å². The van der Waals surface area contributed by atoms with E-state index < -0.39 is 48.5 Å². The minimum atomic E-state index is -4.78. The number of H-pyrrole nitrogens is 1. The maximum atomic E-state index is 16.5. The van der Waals surface area contributed by atoms with E-state index in [0.29, 0.717) is 36.1 Å². The van der Waals surface area contributed by atoms with Gasteiger partial charge in [0, 0.05) is 120 Å². The lowest BCUT2D eigenvalue weighted by Gasteiger charge is -2.58. The van der Waals surface area contributed by atoms with Gasteiger partial charge in [-0.15, -0.1) is 0 Å². The summed E-state index contributed by atoms with van der Waals surface area (Å²) in [4.78, 5) is 43.8. The van der Waals surface area contributed by atoms with Gasteiger partial charge in [-0.3, -0.25) is 29.7 Å². The number of piperazine rings is 1. The van der Waals surface area contributed by atoms with Gasteiger partial charge in [-0.25, -0.2) is 26.9 Å². The molecule has 19 heteroatoms. The molecule has 3 aromatic carbocycles. The number of piperidine rings is 1. The maximum Gasteiger partial charge on any atom is 0.293 e. The third-order valence-corrected chi connectivity index (χ3v) is 16.5. The minimum absolute atomic E-state index is 0.0965. The predicted molar refractivity (Wildman–Crippen MR) is 269 cm³/mol. The number of halogens is 2. The smallest absolute Gasteiger partial charge is 0.293 e. The SMILES string of the molecule is CC(C)c1ccccc1C1CN(Cc2cccnc2)CCN1C1CC2(CCN(c3cc(Oc4cnc5[nH]ccc5c4)c(C(=O)NS(=O)(=O)c4ccc(NCC5(F)CCOCC5)c([N+](=O)[O-])c4)cc3F)CC2)C1. The van der Waals surface area contributed by atoms with Crippen molar-refractivity contribution in [2.24, 2.45) is 5.41 Å². The van der Waals surface area contributed by atoms with E-state index in [4.69, 9.17) is 9.47 Å². The van der Waals surface area contributed by atoms with Crippen LogP contribution in [0.3, 0.4) is 0 Å². The van der Waals surface area contributed by atoms with Crippen molar-refractivity contribution in [3.63, 3.8) is 0 Å². The zero-order valence-corrected chi connectivity index (χ0v) is 41.2. The fraction of sp³-hybridized carbons (Fsp3) is 0.415. The summed E-state index contributed by atoms with van der Waals surface area (Å²) in [6.07, 6.45) is 10.9. The van der Waals surface area contributed by atoms with Gasteiger partial charge in [0.05, 0.1) is 27.3 Å². The van der Waals surface area contributed by atoms with Gasteiger partial charge in [0.1, 0.15) is 34.3 Å². The first-order valence-corrected chi connectivity index (χ1v) is 26.1. The van der Waals surface area contributed by atoms with Crippen LogP contribution in [0.1, 0.15) is 91.4 Å². The predicted octanol–water partition coefficient (Wildman–Crippen LogP) is 9.28. The van der Waals surface area contributed by atoms with Crippen LogP contribution in [-0.2, 0) is 21.3 Å². The Balaban J connectivity index is 0.856. The summed E-state index contributed by atoms with van der Waals surface area (Å²) in [6.45, 7) is 9.47. The fourth-order valence-electron chi connectivity index (χ4n) is 11.1. The molecule has 16 nitrogen and oxygen atoms in total. The number of aromatic nitrogens is 3. The van der Waals surface area contributed by atoms with E-state index in [1.807, 2.05) is 28.1 Å². The number of benzene rings is 3. The number of carbonyl (C=O) groups is 1. The highest BCUT2D eigenvalue weighted by atomic mass is 32.2. The molecule has 3 saturated heterocycles. The zero-order chi connectivity index (χ0) is 50.2. The van der Waals surface area contributed by atoms with Crippen LogP contribution >= 0.6 is 0 Å². The molecule has 3 N–H and O–H groups in total. The summed E-state index contributed by atoms with van der Waals surface area (Å²) < 4.78 is 72.8. The standard InChI is InChI=1S/C53H59F2N9O7S/c1-35(2)41-7-3-4-8-42(41)48-33-61(32-36-6-5-16-56-30-36)20-21-63(48)38-28-52(29-38)12-18-62(19-13-52)46-27-49(71-39-24-37-11-17-57-50(37)58-31-39)43(26-44(46)54)51(65)60-72(68,69)40-9-10-45(47(25-40)64(66)67)59-34-53(55)14-22-70-23-15-53/h3-11,16-17,24-27,30-31,35,38,48,59H,12-15,18-23,28-29,32-34H2,1-2H3,(H,57,58)(H,60,65). The number of nitrogens with zero attached hydrogens (tertiary/aromatic N) is 6. The first kappa shape index (κ1) is 49.1. The van der Waals surface area contributed by atoms with E-state index in [-0.39, 0.29) is 66.9 Å². The number of alkyl halides is 1. The molecule has 0 radical (unpaired) electrons. The molecule has 1 aliphatic carbocycles. The number of hydrogen-bond donors (Lipinski definition) is 3. The van der Waals surface area contributed by atoms with Crippen molar-refractivity contribution in [3.05, 3.63) is 142 Å². The molecule has 72 heavy (non-hydrogen) atoms. The van der Waals surface area contributed by atoms with Crippen LogP contribution in [0.4, 0.5) is 25.8 Å². The molecule has 378 valence electrons. The third kappa shape index (κ3) is 10.4. The van der Waals surface area contributed by atoms with E-state index in [1.54, 1.807) is 18.3 Å². The van der Waals surface area contributed by atoms with Gasteiger partial charge in [0.25, 0.3) is 21.6 Å². The number of carbonyl (C=O) groups excluding carboxylic acids is 1. The number of nitrogens with one attached hydrogen (secondary N) is 3. The summed E-state index contributed by atoms with van der Waals surface area (Å²) in [7, 11) is -4.78. The first-order valence-electron chi connectivity index (χ1n) is 24.7. The molecule has 6 aromatic rings. The lowest BCUT2D eigenvalue weighted by Crippen LogP contribution is -2.60. The molecule has 1 unspecified atom stereocenters. The Bertz CT molecular complexity index is 3060. The monoisotopic (exact) mass is 1000 g/mol. The van der Waals surface area contributed by atoms with Crippen LogP contribution in [0.2, 0.25) is 0 Å². The number of fused-ring (bicyclic) bond motifs is 1. The van der Waals surface area contributed by atoms with Gasteiger partial charge in [-0.1, -0.05) is 44.2 Å². The van der Waals surface area contributed by atoms with Gasteiger partial charge in [-0.05, 0) is 90.1 Å². The molecule has 1 amide bonds. The van der Waals surface area contributed by atoms with Gasteiger partial charge in [0.15, 0.2) is 0 Å². The molecule has 4 aliphatic rings. The number of anilines is 2. The Labute approximate surface area is 417 Å². The van der Waals surface area contributed by atoms with Crippen molar-refractivity contribution < 1.29 is 36.4 Å². The molecule has 3 aromatic heterocycles. The van der Waals surface area contributed by atoms with E-state index in [1.165, 1.54) is 29.0 Å². The highest BCUT2D eigenvalue weighted by molar-refractivity contribution is 7.90. The number of sulfonamides is 1. The quantitative estimate of drug-likeness (QED) is 0.0653. The summed E-state index contributed by atoms with van der Waals surface area (Å²) in [6, 6.07) is 22.5. The molecule has 10 rings (SSSR count). The number of amides is 1. The van der Waals surface area contributed by atoms with Crippen molar-refractivity contribution in [1.29, 1.82) is 0 Å². The Morgan fingerprint density at radius 3 is 2.53 bits per heavy atom. The Morgan fingerprint density at radius 2 is 1.78 bits per heavy atom. The molecule has 1 saturated carbocycles. The highest BCUT2D eigenvalue weighted by Crippen LogP contribution is 2.53. The lowest BCUT2D eigenvalue weighted by molar-refractivity contribution is -0.384. The van der Waals surface area contributed by atoms with Crippen molar-refractivity contribution >= 4 is 44.0 Å². The van der Waals surface area contributed by atoms with Gasteiger partial charge >= 0.3 is 0 Å². The van der Waals surface area contributed by atoms with Crippen molar-refractivity contribution in [2.75, 3.05) is 62.7 Å². The van der Waals surface area contributed by atoms with Crippen molar-refractivity contribution in [3.8, 4) is 11.5 Å². The molecular formula is C53H59F2N9O7S. The van der Waals surface area contributed by atoms with E-state index in [9.17, 15) is 23.3 Å². The van der Waals surface area contributed by atoms with Crippen LogP contribution in [0, 0.1) is 21.3 Å². The van der Waals surface area contributed by atoms with Crippen LogP contribution in [0.25, 0.3) is 11.0 Å². The third-order valence-electron chi connectivity index (χ3n) is 15.2. The summed E-state index contributed by atoms with van der Waals surface area (Å²) >= 11 is 0. The molecule has 6 heterocycles. The average molecular weight is 1000 g/mol. The Hall–Kier alpha value is -6.54. The van der Waals surface area contributed by atoms with Crippen LogP contribution in [0.15, 0.2) is 109 Å². The normalized spacial score (nSPS) is 19.6. The number of nitro benzene ring substituents is 1. The number of hydrogen-bond acceptors (Lipinski definition) is 13. The molecule has 1 atom stereocenters. The second kappa shape index (κ2) is 20.2. The number of nitro groups is 1. The Kier molecular flexibility index (Phi) is 13.7. The molecule has 0 bridgehead atoms. The Morgan fingerprint density at radius 1 is 0.986 bits per heavy atom. The van der Waals surface area contributed by atoms with Crippen LogP contribution in [-0.4, -0.2) is 108 Å². The average Bonchev–Trinajstić information content (AvgIpc) is 3.84. The largest absolute Gasteiger partial charge is 0.455 e. The number of rotatable bonds is 15. The number of ether oxygens (including phenoxy) is 2. The van der Waals surface area contributed by atoms with Crippen molar-refractivity contribution in [1.82, 2.24) is 29.5 Å². The van der Waals surface area contributed by atoms with E-state index in [2.05, 4.69) is 74.2 Å². The van der Waals surface area contributed by atoms with Gasteiger partial charge < -0.3 is 24.7 Å². The minimum Gasteiger partial charge on any atom is -0.455 e. The second-order valence-corrected chi connectivity index (χ2v) is 21.8.